The summed E-state index contributed by atoms with van der Waals surface area (Å²) in [4.78, 5) is 19.2. The lowest BCUT2D eigenvalue weighted by molar-refractivity contribution is -0.174. The Labute approximate surface area is 141 Å². The van der Waals surface area contributed by atoms with E-state index in [2.05, 4.69) is 4.98 Å². The molecule has 5 heteroatoms. The summed E-state index contributed by atoms with van der Waals surface area (Å²) in [6.45, 7) is 1.94. The van der Waals surface area contributed by atoms with Gasteiger partial charge in [-0.25, -0.2) is 0 Å². The second-order valence-electron chi connectivity index (χ2n) is 6.74. The summed E-state index contributed by atoms with van der Waals surface area (Å²) in [5.41, 5.74) is 1.08. The standard InChI is InChI=1S/C19H22N2O3/c22-17-7-3-13-24-19(17)8-11-21(12-9-19)18(23)15-4-1-6-16-14(15)5-2-10-20-16/h1-2,4-6,10,17,22H,3,7-9,11-13H2/t17-/m1/s1. The predicted molar refractivity (Wildman–Crippen MR) is 90.8 cm³/mol. The Hall–Kier alpha value is -1.98. The lowest BCUT2D eigenvalue weighted by Crippen LogP contribution is -2.56. The van der Waals surface area contributed by atoms with Crippen LogP contribution in [0.5, 0.6) is 0 Å². The van der Waals surface area contributed by atoms with Gasteiger partial charge in [0, 0.05) is 36.8 Å². The van der Waals surface area contributed by atoms with Gasteiger partial charge >= 0.3 is 0 Å². The van der Waals surface area contributed by atoms with Gasteiger partial charge in [0.15, 0.2) is 0 Å². The van der Waals surface area contributed by atoms with Crippen LogP contribution in [0.25, 0.3) is 10.9 Å². The van der Waals surface area contributed by atoms with E-state index in [1.54, 1.807) is 6.20 Å². The number of aliphatic hydroxyl groups excluding tert-OH is 1. The summed E-state index contributed by atoms with van der Waals surface area (Å²) in [5.74, 6) is 0.0359. The predicted octanol–water partition coefficient (Wildman–Crippen LogP) is 2.38. The molecule has 5 nitrogen and oxygen atoms in total. The van der Waals surface area contributed by atoms with E-state index >= 15 is 0 Å². The molecular weight excluding hydrogens is 304 g/mol. The molecule has 24 heavy (non-hydrogen) atoms. The second-order valence-corrected chi connectivity index (χ2v) is 6.74. The molecule has 0 bridgehead atoms. The number of piperidine rings is 1. The maximum atomic E-state index is 13.0. The molecule has 1 N–H and O–H groups in total. The summed E-state index contributed by atoms with van der Waals surface area (Å²) < 4.78 is 5.92. The molecule has 1 aromatic heterocycles. The number of carbonyl (C=O) groups is 1. The molecule has 4 rings (SSSR count). The molecule has 126 valence electrons. The monoisotopic (exact) mass is 326 g/mol. The van der Waals surface area contributed by atoms with E-state index in [9.17, 15) is 9.90 Å². The fourth-order valence-electron chi connectivity index (χ4n) is 3.94. The number of hydrogen-bond donors (Lipinski definition) is 1. The average Bonchev–Trinajstić information content (AvgIpc) is 2.64. The lowest BCUT2D eigenvalue weighted by Gasteiger charge is -2.46. The highest BCUT2D eigenvalue weighted by atomic mass is 16.5. The molecule has 3 heterocycles. The van der Waals surface area contributed by atoms with E-state index in [4.69, 9.17) is 4.74 Å². The number of aliphatic hydroxyl groups is 1. The largest absolute Gasteiger partial charge is 0.390 e. The lowest BCUT2D eigenvalue weighted by atomic mass is 9.82. The van der Waals surface area contributed by atoms with Crippen molar-refractivity contribution in [2.24, 2.45) is 0 Å². The minimum atomic E-state index is -0.449. The Morgan fingerprint density at radius 1 is 1.25 bits per heavy atom. The van der Waals surface area contributed by atoms with Gasteiger partial charge in [-0.15, -0.1) is 0 Å². The van der Waals surface area contributed by atoms with Gasteiger partial charge < -0.3 is 14.7 Å². The highest BCUT2D eigenvalue weighted by molar-refractivity contribution is 6.06. The first-order valence-corrected chi connectivity index (χ1v) is 8.65. The Morgan fingerprint density at radius 2 is 2.08 bits per heavy atom. The molecule has 2 aliphatic rings. The number of aromatic nitrogens is 1. The molecule has 1 spiro atoms. The number of pyridine rings is 1. The van der Waals surface area contributed by atoms with Crippen molar-refractivity contribution in [2.45, 2.75) is 37.4 Å². The van der Waals surface area contributed by atoms with Crippen molar-refractivity contribution >= 4 is 16.8 Å². The van der Waals surface area contributed by atoms with Gasteiger partial charge in [0.1, 0.15) is 0 Å². The van der Waals surface area contributed by atoms with Crippen LogP contribution in [-0.2, 0) is 4.74 Å². The van der Waals surface area contributed by atoms with Crippen molar-refractivity contribution in [2.75, 3.05) is 19.7 Å². The fraction of sp³-hybridized carbons (Fsp3) is 0.474. The van der Waals surface area contributed by atoms with Crippen LogP contribution in [0.3, 0.4) is 0 Å². The van der Waals surface area contributed by atoms with E-state index in [0.717, 1.165) is 23.7 Å². The highest BCUT2D eigenvalue weighted by Gasteiger charge is 2.44. The molecule has 1 aromatic carbocycles. The van der Waals surface area contributed by atoms with Crippen molar-refractivity contribution in [1.29, 1.82) is 0 Å². The van der Waals surface area contributed by atoms with E-state index < -0.39 is 11.7 Å². The summed E-state index contributed by atoms with van der Waals surface area (Å²) in [7, 11) is 0. The van der Waals surface area contributed by atoms with Crippen LogP contribution in [0, 0.1) is 0 Å². The third-order valence-corrected chi connectivity index (χ3v) is 5.39. The van der Waals surface area contributed by atoms with Gasteiger partial charge in [-0.05, 0) is 43.9 Å². The SMILES string of the molecule is O=C(c1cccc2ncccc12)N1CCC2(CC1)OCCC[C@H]2O. The molecule has 0 unspecified atom stereocenters. The van der Waals surface area contributed by atoms with Gasteiger partial charge in [0.05, 0.1) is 17.2 Å². The number of ether oxygens (including phenoxy) is 1. The van der Waals surface area contributed by atoms with Crippen LogP contribution in [0.2, 0.25) is 0 Å². The Balaban J connectivity index is 1.54. The van der Waals surface area contributed by atoms with Gasteiger partial charge in [0.25, 0.3) is 5.91 Å². The van der Waals surface area contributed by atoms with Crippen LogP contribution >= 0.6 is 0 Å². The minimum Gasteiger partial charge on any atom is -0.390 e. The zero-order chi connectivity index (χ0) is 16.6. The Bertz CT molecular complexity index is 748. The molecule has 0 radical (unpaired) electrons. The average molecular weight is 326 g/mol. The number of likely N-dealkylation sites (tertiary alicyclic amines) is 1. The van der Waals surface area contributed by atoms with Crippen molar-refractivity contribution in [3.8, 4) is 0 Å². The number of fused-ring (bicyclic) bond motifs is 1. The second kappa shape index (κ2) is 6.15. The molecule has 2 aromatic rings. The molecule has 0 saturated carbocycles. The molecule has 2 saturated heterocycles. The van der Waals surface area contributed by atoms with E-state index in [1.165, 1.54) is 0 Å². The maximum Gasteiger partial charge on any atom is 0.254 e. The van der Waals surface area contributed by atoms with Crippen LogP contribution < -0.4 is 0 Å². The first kappa shape index (κ1) is 15.5. The van der Waals surface area contributed by atoms with E-state index in [1.807, 2.05) is 35.2 Å². The van der Waals surface area contributed by atoms with Crippen molar-refractivity contribution in [3.63, 3.8) is 0 Å². The highest BCUT2D eigenvalue weighted by Crippen LogP contribution is 2.35. The Morgan fingerprint density at radius 3 is 2.88 bits per heavy atom. The van der Waals surface area contributed by atoms with Crippen molar-refractivity contribution in [1.82, 2.24) is 9.88 Å². The third-order valence-electron chi connectivity index (χ3n) is 5.39. The smallest absolute Gasteiger partial charge is 0.254 e. The summed E-state index contributed by atoms with van der Waals surface area (Å²) in [6.07, 6.45) is 4.43. The van der Waals surface area contributed by atoms with E-state index in [-0.39, 0.29) is 5.91 Å². The molecule has 2 aliphatic heterocycles. The number of nitrogens with zero attached hydrogens (tertiary/aromatic N) is 2. The number of amides is 1. The zero-order valence-electron chi connectivity index (χ0n) is 13.6. The third kappa shape index (κ3) is 2.58. The molecule has 2 fully saturated rings. The summed E-state index contributed by atoms with van der Waals surface area (Å²) in [5, 5.41) is 11.2. The summed E-state index contributed by atoms with van der Waals surface area (Å²) in [6, 6.07) is 9.46. The van der Waals surface area contributed by atoms with Crippen LogP contribution in [0.15, 0.2) is 36.5 Å². The minimum absolute atomic E-state index is 0.0359. The fourth-order valence-corrected chi connectivity index (χ4v) is 3.94. The number of benzene rings is 1. The zero-order valence-corrected chi connectivity index (χ0v) is 13.6. The molecule has 1 atom stereocenters. The first-order chi connectivity index (χ1) is 11.7. The topological polar surface area (TPSA) is 62.7 Å². The normalized spacial score (nSPS) is 23.5. The Kier molecular flexibility index (Phi) is 3.98. The number of rotatable bonds is 1. The van der Waals surface area contributed by atoms with Crippen LogP contribution in [0.4, 0.5) is 0 Å². The number of hydrogen-bond acceptors (Lipinski definition) is 4. The van der Waals surface area contributed by atoms with Crippen molar-refractivity contribution in [3.05, 3.63) is 42.1 Å². The quantitative estimate of drug-likeness (QED) is 0.874. The van der Waals surface area contributed by atoms with Gasteiger partial charge in [-0.1, -0.05) is 12.1 Å². The van der Waals surface area contributed by atoms with E-state index in [0.29, 0.717) is 38.1 Å². The molecule has 0 aliphatic carbocycles. The maximum absolute atomic E-state index is 13.0. The summed E-state index contributed by atoms with van der Waals surface area (Å²) >= 11 is 0. The first-order valence-electron chi connectivity index (χ1n) is 8.65. The molecule has 1 amide bonds. The van der Waals surface area contributed by atoms with Crippen molar-refractivity contribution < 1.29 is 14.6 Å². The van der Waals surface area contributed by atoms with Gasteiger partial charge in [-0.2, -0.15) is 0 Å². The van der Waals surface area contributed by atoms with Gasteiger partial charge in [-0.3, -0.25) is 9.78 Å². The number of carbonyl (C=O) groups excluding carboxylic acids is 1. The van der Waals surface area contributed by atoms with Gasteiger partial charge in [0.2, 0.25) is 0 Å². The van der Waals surface area contributed by atoms with Crippen LogP contribution in [0.1, 0.15) is 36.0 Å². The molecular formula is C19H22N2O3. The van der Waals surface area contributed by atoms with Crippen LogP contribution in [-0.4, -0.2) is 52.3 Å².